The van der Waals surface area contributed by atoms with Crippen LogP contribution in [0.3, 0.4) is 0 Å². The van der Waals surface area contributed by atoms with E-state index in [9.17, 15) is 0 Å². The number of rotatable bonds is 5. The Morgan fingerprint density at radius 1 is 1.20 bits per heavy atom. The predicted octanol–water partition coefficient (Wildman–Crippen LogP) is 4.35. The molecule has 3 heteroatoms. The van der Waals surface area contributed by atoms with Gasteiger partial charge in [-0.25, -0.2) is 0 Å². The number of methoxy groups -OCH3 is 1. The maximum absolute atomic E-state index is 5.46. The standard InChI is InChI=1S/C17H21NOS/c1-12(17-8-5-9-20-17)18-14-10-13(11-14)15-6-3-4-7-16(15)19-2/h3-9,12-14,18H,10-11H2,1-2H3/t12-,13?,14?/m0/s1. The van der Waals surface area contributed by atoms with Gasteiger partial charge in [-0.1, -0.05) is 24.3 Å². The van der Waals surface area contributed by atoms with Crippen molar-refractivity contribution in [2.45, 2.75) is 37.8 Å². The van der Waals surface area contributed by atoms with Crippen molar-refractivity contribution in [3.05, 3.63) is 52.2 Å². The van der Waals surface area contributed by atoms with Crippen molar-refractivity contribution in [1.82, 2.24) is 5.32 Å². The molecule has 1 aliphatic rings. The summed E-state index contributed by atoms with van der Waals surface area (Å²) in [5.74, 6) is 1.67. The Balaban J connectivity index is 1.56. The fourth-order valence-electron chi connectivity index (χ4n) is 2.98. The fraction of sp³-hybridized carbons (Fsp3) is 0.412. The SMILES string of the molecule is COc1ccccc1C1CC(N[C@@H](C)c2cccs2)C1. The summed E-state index contributed by atoms with van der Waals surface area (Å²) >= 11 is 1.83. The first-order valence-corrected chi connectivity index (χ1v) is 8.08. The first kappa shape index (κ1) is 13.7. The van der Waals surface area contributed by atoms with Gasteiger partial charge in [-0.2, -0.15) is 0 Å². The highest BCUT2D eigenvalue weighted by atomic mass is 32.1. The number of hydrogen-bond donors (Lipinski definition) is 1. The van der Waals surface area contributed by atoms with Crippen LogP contribution in [0.4, 0.5) is 0 Å². The highest BCUT2D eigenvalue weighted by Gasteiger charge is 2.32. The molecule has 1 N–H and O–H groups in total. The van der Waals surface area contributed by atoms with Crippen molar-refractivity contribution in [3.8, 4) is 5.75 Å². The van der Waals surface area contributed by atoms with Gasteiger partial charge in [-0.05, 0) is 48.8 Å². The van der Waals surface area contributed by atoms with E-state index >= 15 is 0 Å². The van der Waals surface area contributed by atoms with Gasteiger partial charge in [-0.3, -0.25) is 0 Å². The van der Waals surface area contributed by atoms with Crippen molar-refractivity contribution < 1.29 is 4.74 Å². The zero-order valence-corrected chi connectivity index (χ0v) is 12.8. The lowest BCUT2D eigenvalue weighted by Crippen LogP contribution is -2.41. The van der Waals surface area contributed by atoms with Crippen molar-refractivity contribution in [2.75, 3.05) is 7.11 Å². The Bertz CT molecular complexity index is 546. The van der Waals surface area contributed by atoms with Crippen molar-refractivity contribution >= 4 is 11.3 Å². The van der Waals surface area contributed by atoms with E-state index in [-0.39, 0.29) is 0 Å². The number of benzene rings is 1. The minimum atomic E-state index is 0.457. The number of hydrogen-bond acceptors (Lipinski definition) is 3. The molecule has 0 saturated heterocycles. The van der Waals surface area contributed by atoms with E-state index in [0.717, 1.165) is 5.75 Å². The number of ether oxygens (including phenoxy) is 1. The third-order valence-electron chi connectivity index (χ3n) is 4.17. The molecule has 1 aliphatic carbocycles. The average Bonchev–Trinajstić information content (AvgIpc) is 2.96. The van der Waals surface area contributed by atoms with Gasteiger partial charge < -0.3 is 10.1 Å². The lowest BCUT2D eigenvalue weighted by Gasteiger charge is -2.38. The molecule has 1 fully saturated rings. The predicted molar refractivity (Wildman–Crippen MR) is 84.6 cm³/mol. The molecule has 106 valence electrons. The normalized spacial score (nSPS) is 23.1. The first-order valence-electron chi connectivity index (χ1n) is 7.20. The van der Waals surface area contributed by atoms with Crippen LogP contribution in [0.1, 0.15) is 42.2 Å². The summed E-state index contributed by atoms with van der Waals surface area (Å²) in [5, 5.41) is 5.87. The van der Waals surface area contributed by atoms with Gasteiger partial charge in [0.2, 0.25) is 0 Å². The molecule has 0 spiro atoms. The molecule has 20 heavy (non-hydrogen) atoms. The van der Waals surface area contributed by atoms with Crippen molar-refractivity contribution in [3.63, 3.8) is 0 Å². The highest BCUT2D eigenvalue weighted by Crippen LogP contribution is 2.41. The summed E-state index contributed by atoms with van der Waals surface area (Å²) < 4.78 is 5.46. The number of thiophene rings is 1. The van der Waals surface area contributed by atoms with Gasteiger partial charge in [0.15, 0.2) is 0 Å². The van der Waals surface area contributed by atoms with Crippen LogP contribution < -0.4 is 10.1 Å². The third-order valence-corrected chi connectivity index (χ3v) is 5.23. The van der Waals surface area contributed by atoms with Crippen LogP contribution in [0, 0.1) is 0 Å². The Morgan fingerprint density at radius 3 is 2.70 bits per heavy atom. The Labute approximate surface area is 124 Å². The van der Waals surface area contributed by atoms with Gasteiger partial charge in [-0.15, -0.1) is 11.3 Å². The third kappa shape index (κ3) is 2.74. The van der Waals surface area contributed by atoms with E-state index < -0.39 is 0 Å². The van der Waals surface area contributed by atoms with E-state index in [1.165, 1.54) is 23.3 Å². The molecule has 0 radical (unpaired) electrons. The molecule has 1 heterocycles. The second kappa shape index (κ2) is 5.98. The first-order chi connectivity index (χ1) is 9.78. The average molecular weight is 287 g/mol. The van der Waals surface area contributed by atoms with Gasteiger partial charge in [0, 0.05) is 17.0 Å². The van der Waals surface area contributed by atoms with Crippen molar-refractivity contribution in [1.29, 1.82) is 0 Å². The van der Waals surface area contributed by atoms with Gasteiger partial charge in [0.25, 0.3) is 0 Å². The number of para-hydroxylation sites is 1. The van der Waals surface area contributed by atoms with Gasteiger partial charge in [0.05, 0.1) is 7.11 Å². The van der Waals surface area contributed by atoms with Crippen LogP contribution in [0.25, 0.3) is 0 Å². The second-order valence-corrected chi connectivity index (χ2v) is 6.49. The van der Waals surface area contributed by atoms with Crippen LogP contribution in [-0.4, -0.2) is 13.2 Å². The maximum Gasteiger partial charge on any atom is 0.122 e. The second-order valence-electron chi connectivity index (χ2n) is 5.51. The summed E-state index contributed by atoms with van der Waals surface area (Å²) in [6.45, 7) is 2.25. The molecule has 2 nitrogen and oxygen atoms in total. The molecule has 0 bridgehead atoms. The van der Waals surface area contributed by atoms with E-state index in [0.29, 0.717) is 18.0 Å². The molecule has 0 aliphatic heterocycles. The molecule has 2 aromatic rings. The van der Waals surface area contributed by atoms with Crippen LogP contribution in [-0.2, 0) is 0 Å². The summed E-state index contributed by atoms with van der Waals surface area (Å²) in [4.78, 5) is 1.42. The fourth-order valence-corrected chi connectivity index (χ4v) is 3.73. The van der Waals surface area contributed by atoms with Crippen LogP contribution >= 0.6 is 11.3 Å². The summed E-state index contributed by atoms with van der Waals surface area (Å²) in [6, 6.07) is 13.8. The summed E-state index contributed by atoms with van der Waals surface area (Å²) in [6.07, 6.45) is 2.41. The van der Waals surface area contributed by atoms with Gasteiger partial charge >= 0.3 is 0 Å². The molecule has 0 unspecified atom stereocenters. The lowest BCUT2D eigenvalue weighted by atomic mass is 9.75. The molecule has 1 aromatic carbocycles. The highest BCUT2D eigenvalue weighted by molar-refractivity contribution is 7.10. The minimum Gasteiger partial charge on any atom is -0.496 e. The molecule has 1 atom stereocenters. The Hall–Kier alpha value is -1.32. The molecular weight excluding hydrogens is 266 g/mol. The topological polar surface area (TPSA) is 21.3 Å². The smallest absolute Gasteiger partial charge is 0.122 e. The van der Waals surface area contributed by atoms with Crippen LogP contribution in [0.2, 0.25) is 0 Å². The number of nitrogens with one attached hydrogen (secondary N) is 1. The zero-order chi connectivity index (χ0) is 13.9. The summed E-state index contributed by atoms with van der Waals surface area (Å²) in [5.41, 5.74) is 1.36. The Kier molecular flexibility index (Phi) is 4.08. The van der Waals surface area contributed by atoms with E-state index in [1.807, 2.05) is 17.4 Å². The van der Waals surface area contributed by atoms with Gasteiger partial charge in [0.1, 0.15) is 5.75 Å². The Morgan fingerprint density at radius 2 is 2.00 bits per heavy atom. The minimum absolute atomic E-state index is 0.457. The van der Waals surface area contributed by atoms with E-state index in [1.54, 1.807) is 7.11 Å². The van der Waals surface area contributed by atoms with E-state index in [2.05, 4.69) is 48.0 Å². The lowest BCUT2D eigenvalue weighted by molar-refractivity contribution is 0.266. The molecule has 3 rings (SSSR count). The van der Waals surface area contributed by atoms with Crippen LogP contribution in [0.15, 0.2) is 41.8 Å². The largest absolute Gasteiger partial charge is 0.496 e. The molecule has 1 saturated carbocycles. The summed E-state index contributed by atoms with van der Waals surface area (Å²) in [7, 11) is 1.76. The van der Waals surface area contributed by atoms with E-state index in [4.69, 9.17) is 4.74 Å². The van der Waals surface area contributed by atoms with Crippen molar-refractivity contribution in [2.24, 2.45) is 0 Å². The quantitative estimate of drug-likeness (QED) is 0.882. The zero-order valence-electron chi connectivity index (χ0n) is 12.0. The molecular formula is C17H21NOS. The monoisotopic (exact) mass is 287 g/mol. The maximum atomic E-state index is 5.46. The molecule has 0 amide bonds. The molecule has 1 aromatic heterocycles. The van der Waals surface area contributed by atoms with Crippen LogP contribution in [0.5, 0.6) is 5.75 Å².